The first kappa shape index (κ1) is 11.7. The Morgan fingerprint density at radius 3 is 2.76 bits per heavy atom. The molecule has 1 saturated heterocycles. The molecule has 2 heterocycles. The number of nitrogens with one attached hydrogen (secondary N) is 1. The smallest absolute Gasteiger partial charge is 0.230 e. The molecule has 4 nitrogen and oxygen atoms in total. The predicted molar refractivity (Wildman–Crippen MR) is 58.5 cm³/mol. The molecule has 90 valence electrons. The zero-order valence-electron chi connectivity index (χ0n) is 9.44. The molecule has 1 aromatic rings. The topological polar surface area (TPSA) is 59.1 Å². The van der Waals surface area contributed by atoms with E-state index in [1.54, 1.807) is 6.07 Å². The molecular weight excluding hydrogens is 223 g/mol. The molecule has 2 rings (SSSR count). The summed E-state index contributed by atoms with van der Waals surface area (Å²) in [7, 11) is 0. The molecule has 1 fully saturated rings. The predicted octanol–water partition coefficient (Wildman–Crippen LogP) is 1.38. The van der Waals surface area contributed by atoms with Gasteiger partial charge in [-0.1, -0.05) is 6.92 Å². The first-order valence-electron chi connectivity index (χ1n) is 5.57. The third-order valence-electron chi connectivity index (χ3n) is 3.06. The summed E-state index contributed by atoms with van der Waals surface area (Å²) in [6.45, 7) is 1.92. The lowest BCUT2D eigenvalue weighted by Crippen LogP contribution is -2.25. The lowest BCUT2D eigenvalue weighted by atomic mass is 9.86. The van der Waals surface area contributed by atoms with Crippen LogP contribution in [0.3, 0.4) is 0 Å². The number of amides is 2. The van der Waals surface area contributed by atoms with Gasteiger partial charge in [-0.2, -0.15) is 0 Å². The molecule has 0 radical (unpaired) electrons. The minimum Gasteiger partial charge on any atom is -0.296 e. The van der Waals surface area contributed by atoms with Crippen LogP contribution in [0.1, 0.15) is 31.4 Å². The van der Waals surface area contributed by atoms with Gasteiger partial charge in [-0.25, -0.2) is 4.39 Å². The van der Waals surface area contributed by atoms with Gasteiger partial charge < -0.3 is 0 Å². The summed E-state index contributed by atoms with van der Waals surface area (Å²) in [5, 5.41) is 2.28. The average Bonchev–Trinajstić information content (AvgIpc) is 2.62. The lowest BCUT2D eigenvalue weighted by molar-refractivity contribution is -0.126. The number of carbonyl (C=O) groups is 2. The van der Waals surface area contributed by atoms with Crippen molar-refractivity contribution in [2.24, 2.45) is 5.92 Å². The lowest BCUT2D eigenvalue weighted by Gasteiger charge is -2.18. The van der Waals surface area contributed by atoms with E-state index in [1.165, 1.54) is 6.07 Å². The van der Waals surface area contributed by atoms with Gasteiger partial charge in [-0.15, -0.1) is 0 Å². The highest BCUT2D eigenvalue weighted by Gasteiger charge is 2.37. The monoisotopic (exact) mass is 236 g/mol. The molecule has 5 heteroatoms. The third-order valence-corrected chi connectivity index (χ3v) is 3.06. The molecule has 0 aliphatic carbocycles. The molecule has 1 aliphatic heterocycles. The number of pyridine rings is 1. The van der Waals surface area contributed by atoms with Gasteiger partial charge >= 0.3 is 0 Å². The van der Waals surface area contributed by atoms with E-state index in [1.807, 2.05) is 6.92 Å². The fraction of sp³-hybridized carbons (Fsp3) is 0.417. The van der Waals surface area contributed by atoms with Crippen molar-refractivity contribution in [3.8, 4) is 0 Å². The van der Waals surface area contributed by atoms with Crippen molar-refractivity contribution in [3.05, 3.63) is 29.8 Å². The molecular formula is C12H13FN2O2. The van der Waals surface area contributed by atoms with E-state index in [4.69, 9.17) is 0 Å². The van der Waals surface area contributed by atoms with Crippen LogP contribution in [0.5, 0.6) is 0 Å². The highest BCUT2D eigenvalue weighted by Crippen LogP contribution is 2.31. The maximum absolute atomic E-state index is 12.8. The maximum Gasteiger partial charge on any atom is 0.230 e. The van der Waals surface area contributed by atoms with E-state index in [9.17, 15) is 14.0 Å². The third kappa shape index (κ3) is 2.33. The first-order valence-corrected chi connectivity index (χ1v) is 5.57. The minimum atomic E-state index is -0.407. The molecule has 0 spiro atoms. The van der Waals surface area contributed by atoms with Crippen LogP contribution >= 0.6 is 0 Å². The average molecular weight is 236 g/mol. The Hall–Kier alpha value is -1.78. The highest BCUT2D eigenvalue weighted by molar-refractivity contribution is 6.03. The van der Waals surface area contributed by atoms with Crippen molar-refractivity contribution in [3.63, 3.8) is 0 Å². The molecule has 1 N–H and O–H groups in total. The fourth-order valence-electron chi connectivity index (χ4n) is 2.20. The molecule has 0 aromatic carbocycles. The molecule has 2 atom stereocenters. The van der Waals surface area contributed by atoms with Crippen LogP contribution in [0.2, 0.25) is 0 Å². The van der Waals surface area contributed by atoms with E-state index in [2.05, 4.69) is 10.3 Å². The molecule has 0 saturated carbocycles. The quantitative estimate of drug-likeness (QED) is 0.806. The van der Waals surface area contributed by atoms with Gasteiger partial charge in [0.25, 0.3) is 0 Å². The van der Waals surface area contributed by atoms with Crippen molar-refractivity contribution >= 4 is 11.8 Å². The van der Waals surface area contributed by atoms with Gasteiger partial charge in [0.1, 0.15) is 5.82 Å². The zero-order chi connectivity index (χ0) is 12.4. The Labute approximate surface area is 98.2 Å². The molecule has 2 amide bonds. The second kappa shape index (κ2) is 4.61. The number of rotatable bonds is 3. The Morgan fingerprint density at radius 1 is 1.53 bits per heavy atom. The summed E-state index contributed by atoms with van der Waals surface area (Å²) in [4.78, 5) is 26.7. The van der Waals surface area contributed by atoms with Gasteiger partial charge in [0, 0.05) is 18.0 Å². The fourth-order valence-corrected chi connectivity index (χ4v) is 2.20. The molecule has 17 heavy (non-hydrogen) atoms. The molecule has 1 aliphatic rings. The summed E-state index contributed by atoms with van der Waals surface area (Å²) in [5.74, 6) is -1.43. The Bertz CT molecular complexity index is 444. The van der Waals surface area contributed by atoms with E-state index in [0.29, 0.717) is 12.1 Å². The van der Waals surface area contributed by atoms with E-state index in [-0.39, 0.29) is 30.1 Å². The van der Waals surface area contributed by atoms with Gasteiger partial charge in [-0.3, -0.25) is 19.9 Å². The zero-order valence-corrected chi connectivity index (χ0v) is 9.44. The van der Waals surface area contributed by atoms with E-state index < -0.39 is 5.82 Å². The largest absolute Gasteiger partial charge is 0.296 e. The number of nitrogens with zero attached hydrogens (tertiary/aromatic N) is 1. The number of hydrogen-bond donors (Lipinski definition) is 1. The van der Waals surface area contributed by atoms with Crippen LogP contribution in [0.25, 0.3) is 0 Å². The number of hydrogen-bond acceptors (Lipinski definition) is 3. The van der Waals surface area contributed by atoms with E-state index >= 15 is 0 Å². The van der Waals surface area contributed by atoms with Crippen molar-refractivity contribution in [2.75, 3.05) is 0 Å². The van der Waals surface area contributed by atoms with Gasteiger partial charge in [0.15, 0.2) is 0 Å². The highest BCUT2D eigenvalue weighted by atomic mass is 19.1. The second-order valence-corrected chi connectivity index (χ2v) is 4.14. The van der Waals surface area contributed by atoms with Crippen molar-refractivity contribution < 1.29 is 14.0 Å². The molecule has 0 bridgehead atoms. The van der Waals surface area contributed by atoms with Gasteiger partial charge in [0.2, 0.25) is 11.8 Å². The summed E-state index contributed by atoms with van der Waals surface area (Å²) in [6.07, 6.45) is 2.01. The Balaban J connectivity index is 2.24. The number of carbonyl (C=O) groups excluding carboxylic acids is 2. The van der Waals surface area contributed by atoms with Gasteiger partial charge in [0.05, 0.1) is 12.1 Å². The van der Waals surface area contributed by atoms with Crippen LogP contribution in [0, 0.1) is 11.7 Å². The minimum absolute atomic E-state index is 0.137. The Morgan fingerprint density at radius 2 is 2.29 bits per heavy atom. The maximum atomic E-state index is 12.8. The van der Waals surface area contributed by atoms with Crippen LogP contribution < -0.4 is 5.32 Å². The van der Waals surface area contributed by atoms with Crippen molar-refractivity contribution in [2.45, 2.75) is 25.7 Å². The number of halogens is 1. The number of aromatic nitrogens is 1. The van der Waals surface area contributed by atoms with Crippen LogP contribution in [0.15, 0.2) is 18.3 Å². The summed E-state index contributed by atoms with van der Waals surface area (Å²) in [6, 6.07) is 2.89. The first-order chi connectivity index (χ1) is 8.11. The summed E-state index contributed by atoms with van der Waals surface area (Å²) >= 11 is 0. The summed E-state index contributed by atoms with van der Waals surface area (Å²) < 4.78 is 12.8. The standard InChI is InChI=1S/C12H13FN2O2/c1-2-8(9-5-11(16)15-12(9)17)10-4-3-7(13)6-14-10/h3-4,6,8-9H,2,5H2,1H3,(H,15,16,17). The molecule has 2 unspecified atom stereocenters. The molecule has 1 aromatic heterocycles. The van der Waals surface area contributed by atoms with Crippen molar-refractivity contribution in [1.29, 1.82) is 0 Å². The SMILES string of the molecule is CCC(c1ccc(F)cn1)C1CC(=O)NC1=O. The normalized spacial score (nSPS) is 21.4. The van der Waals surface area contributed by atoms with E-state index in [0.717, 1.165) is 6.20 Å². The van der Waals surface area contributed by atoms with Crippen LogP contribution in [0.4, 0.5) is 4.39 Å². The Kier molecular flexibility index (Phi) is 3.17. The van der Waals surface area contributed by atoms with Crippen molar-refractivity contribution in [1.82, 2.24) is 10.3 Å². The second-order valence-electron chi connectivity index (χ2n) is 4.14. The van der Waals surface area contributed by atoms with Crippen LogP contribution in [-0.4, -0.2) is 16.8 Å². The van der Waals surface area contributed by atoms with Gasteiger partial charge in [-0.05, 0) is 18.6 Å². The number of imide groups is 1. The van der Waals surface area contributed by atoms with Crippen LogP contribution in [-0.2, 0) is 9.59 Å². The summed E-state index contributed by atoms with van der Waals surface area (Å²) in [5.41, 5.74) is 0.656.